The van der Waals surface area contributed by atoms with E-state index in [-0.39, 0.29) is 0 Å². The maximum atomic E-state index is 6.75. The van der Waals surface area contributed by atoms with Crippen LogP contribution in [0.4, 0.5) is 0 Å². The fraction of sp³-hybridized carbons (Fsp3) is 0.208. The molecule has 0 saturated heterocycles. The number of fused-ring (bicyclic) bond motifs is 5. The number of aromatic nitrogens is 1. The lowest BCUT2D eigenvalue weighted by Gasteiger charge is -2.24. The highest BCUT2D eigenvalue weighted by Crippen LogP contribution is 2.44. The van der Waals surface area contributed by atoms with E-state index in [1.54, 1.807) is 14.2 Å². The molecular weight excluding hydrogens is 384 g/mol. The number of nitrogens with zero attached hydrogens (tertiary/aromatic N) is 1. The van der Waals surface area contributed by atoms with Crippen LogP contribution < -0.4 is 14.8 Å². The van der Waals surface area contributed by atoms with Crippen LogP contribution in [-0.2, 0) is 13.0 Å². The minimum absolute atomic E-state index is 0.521. The summed E-state index contributed by atoms with van der Waals surface area (Å²) in [5.74, 6) is 1.14. The first-order chi connectivity index (χ1) is 14.2. The van der Waals surface area contributed by atoms with Crippen LogP contribution in [0, 0.1) is 0 Å². The summed E-state index contributed by atoms with van der Waals surface area (Å²) < 4.78 is 10.9. The summed E-state index contributed by atoms with van der Waals surface area (Å²) in [5, 5.41) is 7.75. The van der Waals surface area contributed by atoms with Crippen molar-refractivity contribution in [2.24, 2.45) is 0 Å². The van der Waals surface area contributed by atoms with Gasteiger partial charge in [-0.2, -0.15) is 0 Å². The molecule has 1 N–H and O–H groups in total. The Morgan fingerprint density at radius 1 is 0.966 bits per heavy atom. The van der Waals surface area contributed by atoms with E-state index in [4.69, 9.17) is 26.1 Å². The van der Waals surface area contributed by atoms with E-state index in [0.717, 1.165) is 36.3 Å². The van der Waals surface area contributed by atoms with Gasteiger partial charge in [-0.15, -0.1) is 0 Å². The van der Waals surface area contributed by atoms with Crippen LogP contribution in [-0.4, -0.2) is 25.7 Å². The van der Waals surface area contributed by atoms with Crippen LogP contribution in [0.2, 0.25) is 5.02 Å². The summed E-state index contributed by atoms with van der Waals surface area (Å²) in [6.45, 7) is 1.72. The van der Waals surface area contributed by atoms with Crippen LogP contribution in [0.5, 0.6) is 11.5 Å². The van der Waals surface area contributed by atoms with Gasteiger partial charge in [-0.3, -0.25) is 0 Å². The van der Waals surface area contributed by atoms with Crippen molar-refractivity contribution in [3.05, 3.63) is 64.7 Å². The molecule has 1 aliphatic rings. The Labute approximate surface area is 174 Å². The smallest absolute Gasteiger partial charge is 0.180 e. The monoisotopic (exact) mass is 404 g/mol. The number of nitrogens with one attached hydrogen (secondary N) is 1. The van der Waals surface area contributed by atoms with Crippen LogP contribution in [0.15, 0.2) is 48.5 Å². The molecule has 0 saturated carbocycles. The maximum Gasteiger partial charge on any atom is 0.180 e. The van der Waals surface area contributed by atoms with Gasteiger partial charge in [0.2, 0.25) is 0 Å². The van der Waals surface area contributed by atoms with E-state index in [1.807, 2.05) is 12.1 Å². The molecule has 2 heterocycles. The lowest BCUT2D eigenvalue weighted by atomic mass is 9.90. The number of methoxy groups -OCH3 is 2. The van der Waals surface area contributed by atoms with Crippen LogP contribution >= 0.6 is 11.6 Å². The van der Waals surface area contributed by atoms with Gasteiger partial charge >= 0.3 is 0 Å². The first-order valence-electron chi connectivity index (χ1n) is 9.67. The van der Waals surface area contributed by atoms with Crippen molar-refractivity contribution in [3.63, 3.8) is 0 Å². The van der Waals surface area contributed by atoms with Crippen LogP contribution in [0.3, 0.4) is 0 Å². The summed E-state index contributed by atoms with van der Waals surface area (Å²) in [4.78, 5) is 5.08. The molecule has 5 heteroatoms. The van der Waals surface area contributed by atoms with Crippen molar-refractivity contribution in [1.29, 1.82) is 0 Å². The zero-order valence-corrected chi connectivity index (χ0v) is 17.1. The highest BCUT2D eigenvalue weighted by molar-refractivity contribution is 6.35. The van der Waals surface area contributed by atoms with Gasteiger partial charge in [0.05, 0.1) is 30.5 Å². The Hall–Kier alpha value is -2.82. The average molecular weight is 405 g/mol. The third-order valence-corrected chi connectivity index (χ3v) is 6.06. The molecule has 4 nitrogen and oxygen atoms in total. The van der Waals surface area contributed by atoms with Crippen molar-refractivity contribution >= 4 is 33.3 Å². The number of hydrogen-bond donors (Lipinski definition) is 1. The summed E-state index contributed by atoms with van der Waals surface area (Å²) in [7, 11) is 3.21. The standard InChI is InChI=1S/C24H21ClN2O2/c1-28-20-10-8-17(22(25)24(20)29-2)23-18-13-26-12-11-16(18)21-15-6-4-3-5-14(15)7-9-19(21)27-23/h3-10,26H,11-13H2,1-2H3. The van der Waals surface area contributed by atoms with Crippen molar-refractivity contribution in [2.75, 3.05) is 20.8 Å². The zero-order chi connectivity index (χ0) is 20.0. The van der Waals surface area contributed by atoms with Gasteiger partial charge in [-0.05, 0) is 53.1 Å². The van der Waals surface area contributed by atoms with E-state index >= 15 is 0 Å². The zero-order valence-electron chi connectivity index (χ0n) is 16.4. The van der Waals surface area contributed by atoms with Gasteiger partial charge < -0.3 is 14.8 Å². The van der Waals surface area contributed by atoms with Gasteiger partial charge in [0.15, 0.2) is 11.5 Å². The summed E-state index contributed by atoms with van der Waals surface area (Å²) in [6.07, 6.45) is 0.959. The maximum absolute atomic E-state index is 6.75. The Bertz CT molecular complexity index is 1250. The van der Waals surface area contributed by atoms with Crippen LogP contribution in [0.25, 0.3) is 32.9 Å². The summed E-state index contributed by atoms with van der Waals surface area (Å²) in [6, 6.07) is 16.6. The third kappa shape index (κ3) is 2.83. The topological polar surface area (TPSA) is 43.4 Å². The predicted molar refractivity (Wildman–Crippen MR) is 118 cm³/mol. The highest BCUT2D eigenvalue weighted by atomic mass is 35.5. The van der Waals surface area contributed by atoms with Crippen molar-refractivity contribution < 1.29 is 9.47 Å². The lowest BCUT2D eigenvalue weighted by molar-refractivity contribution is 0.355. The number of benzene rings is 3. The Morgan fingerprint density at radius 3 is 2.66 bits per heavy atom. The minimum atomic E-state index is 0.521. The number of halogens is 1. The van der Waals surface area contributed by atoms with Gasteiger partial charge in [0, 0.05) is 17.5 Å². The van der Waals surface area contributed by atoms with E-state index in [2.05, 4.69) is 41.7 Å². The Morgan fingerprint density at radius 2 is 1.83 bits per heavy atom. The quantitative estimate of drug-likeness (QED) is 0.466. The van der Waals surface area contributed by atoms with Gasteiger partial charge in [-0.25, -0.2) is 4.98 Å². The minimum Gasteiger partial charge on any atom is -0.493 e. The molecule has 0 fully saturated rings. The molecule has 0 unspecified atom stereocenters. The molecule has 5 rings (SSSR count). The molecule has 0 atom stereocenters. The highest BCUT2D eigenvalue weighted by Gasteiger charge is 2.23. The molecule has 146 valence electrons. The van der Waals surface area contributed by atoms with Gasteiger partial charge in [0.1, 0.15) is 0 Å². The molecule has 0 radical (unpaired) electrons. The first kappa shape index (κ1) is 18.2. The van der Waals surface area contributed by atoms with E-state index in [0.29, 0.717) is 16.5 Å². The second-order valence-electron chi connectivity index (χ2n) is 7.19. The third-order valence-electron chi connectivity index (χ3n) is 5.68. The normalized spacial score (nSPS) is 13.5. The van der Waals surface area contributed by atoms with Crippen LogP contribution in [0.1, 0.15) is 11.1 Å². The number of hydrogen-bond acceptors (Lipinski definition) is 4. The number of rotatable bonds is 3. The molecule has 3 aromatic carbocycles. The number of ether oxygens (including phenoxy) is 2. The second kappa shape index (κ2) is 7.21. The molecule has 0 spiro atoms. The SMILES string of the molecule is COc1ccc(-c2nc3ccc4ccccc4c3c3c2CNCC3)c(Cl)c1OC. The van der Waals surface area contributed by atoms with E-state index in [9.17, 15) is 0 Å². The lowest BCUT2D eigenvalue weighted by Crippen LogP contribution is -2.25. The molecule has 4 aromatic rings. The molecule has 0 bridgehead atoms. The van der Waals surface area contributed by atoms with E-state index in [1.165, 1.54) is 27.3 Å². The molecule has 29 heavy (non-hydrogen) atoms. The Kier molecular flexibility index (Phi) is 4.53. The molecule has 1 aliphatic heterocycles. The number of pyridine rings is 1. The molecule has 0 aliphatic carbocycles. The average Bonchev–Trinajstić information content (AvgIpc) is 2.78. The Balaban J connectivity index is 1.86. The molecule has 0 amide bonds. The summed E-state index contributed by atoms with van der Waals surface area (Å²) >= 11 is 6.75. The summed E-state index contributed by atoms with van der Waals surface area (Å²) in [5.41, 5.74) is 5.31. The van der Waals surface area contributed by atoms with Gasteiger partial charge in [-0.1, -0.05) is 41.9 Å². The first-order valence-corrected chi connectivity index (χ1v) is 10.1. The molecule has 1 aromatic heterocycles. The predicted octanol–water partition coefficient (Wildman–Crippen LogP) is 5.37. The van der Waals surface area contributed by atoms with E-state index < -0.39 is 0 Å². The van der Waals surface area contributed by atoms with Gasteiger partial charge in [0.25, 0.3) is 0 Å². The van der Waals surface area contributed by atoms with Crippen molar-refractivity contribution in [1.82, 2.24) is 10.3 Å². The fourth-order valence-corrected chi connectivity index (χ4v) is 4.66. The van der Waals surface area contributed by atoms with Crippen molar-refractivity contribution in [2.45, 2.75) is 13.0 Å². The van der Waals surface area contributed by atoms with Crippen molar-refractivity contribution in [3.8, 4) is 22.8 Å². The second-order valence-corrected chi connectivity index (χ2v) is 7.57. The largest absolute Gasteiger partial charge is 0.493 e. The fourth-order valence-electron chi connectivity index (χ4n) is 4.34. The molecular formula is C24H21ClN2O2.